The van der Waals surface area contributed by atoms with E-state index in [1.54, 1.807) is 18.0 Å². The maximum absolute atomic E-state index is 11.8. The van der Waals surface area contributed by atoms with Crippen LogP contribution in [0.1, 0.15) is 31.4 Å². The van der Waals surface area contributed by atoms with Gasteiger partial charge in [-0.05, 0) is 25.8 Å². The molecule has 1 aliphatic rings. The molecule has 0 unspecified atom stereocenters. The molecule has 0 saturated heterocycles. The van der Waals surface area contributed by atoms with Crippen molar-refractivity contribution in [3.05, 3.63) is 18.0 Å². The van der Waals surface area contributed by atoms with Gasteiger partial charge in [0.2, 0.25) is 5.91 Å². The van der Waals surface area contributed by atoms with Crippen LogP contribution in [0.15, 0.2) is 6.07 Å². The smallest absolute Gasteiger partial charge is 0.339 e. The summed E-state index contributed by atoms with van der Waals surface area (Å²) in [5.74, 6) is 0.166. The van der Waals surface area contributed by atoms with Crippen LogP contribution >= 0.6 is 0 Å². The lowest BCUT2D eigenvalue weighted by Crippen LogP contribution is -2.46. The Morgan fingerprint density at radius 1 is 1.60 bits per heavy atom. The average molecular weight is 279 g/mol. The zero-order valence-corrected chi connectivity index (χ0v) is 11.7. The summed E-state index contributed by atoms with van der Waals surface area (Å²) in [5.41, 5.74) is 6.00. The van der Waals surface area contributed by atoms with E-state index in [1.165, 1.54) is 4.68 Å². The Kier molecular flexibility index (Phi) is 4.39. The van der Waals surface area contributed by atoms with Gasteiger partial charge in [-0.25, -0.2) is 4.79 Å². The van der Waals surface area contributed by atoms with Crippen molar-refractivity contribution < 1.29 is 14.3 Å². The average Bonchev–Trinajstić information content (AvgIpc) is 2.83. The highest BCUT2D eigenvalue weighted by atomic mass is 16.5. The lowest BCUT2D eigenvalue weighted by molar-refractivity contribution is -0.138. The Balaban J connectivity index is 1.89. The molecule has 7 nitrogen and oxygen atoms in total. The summed E-state index contributed by atoms with van der Waals surface area (Å²) in [6, 6.07) is 1.24. The molecule has 0 spiro atoms. The fourth-order valence-electron chi connectivity index (χ4n) is 2.38. The maximum atomic E-state index is 11.8. The van der Waals surface area contributed by atoms with Crippen LogP contribution in [0.3, 0.4) is 0 Å². The molecule has 20 heavy (non-hydrogen) atoms. The molecule has 1 radical (unpaired) electrons. The van der Waals surface area contributed by atoms with E-state index >= 15 is 0 Å². The number of hydrogen-bond acceptors (Lipinski definition) is 4. The Hall–Kier alpha value is -1.89. The molecule has 1 heterocycles. The summed E-state index contributed by atoms with van der Waals surface area (Å²) < 4.78 is 6.28. The fourth-order valence-corrected chi connectivity index (χ4v) is 2.38. The first kappa shape index (κ1) is 14.5. The minimum absolute atomic E-state index is 0.0229. The van der Waals surface area contributed by atoms with Crippen molar-refractivity contribution in [3.8, 4) is 0 Å². The van der Waals surface area contributed by atoms with Crippen LogP contribution in [0, 0.1) is 6.20 Å². The zero-order chi connectivity index (χ0) is 14.7. The van der Waals surface area contributed by atoms with Crippen LogP contribution in [0.5, 0.6) is 0 Å². The predicted molar refractivity (Wildman–Crippen MR) is 71.1 cm³/mol. The van der Waals surface area contributed by atoms with Crippen molar-refractivity contribution in [1.29, 1.82) is 0 Å². The molecule has 1 aliphatic carbocycles. The second-order valence-corrected chi connectivity index (χ2v) is 4.91. The number of nitrogens with zero attached hydrogens (tertiary/aromatic N) is 3. The van der Waals surface area contributed by atoms with Gasteiger partial charge in [0.15, 0.2) is 0 Å². The van der Waals surface area contributed by atoms with Gasteiger partial charge in [0.1, 0.15) is 12.8 Å². The van der Waals surface area contributed by atoms with Gasteiger partial charge in [0.05, 0.1) is 5.69 Å². The second-order valence-electron chi connectivity index (χ2n) is 4.91. The molecule has 1 aromatic rings. The Labute approximate surface area is 117 Å². The van der Waals surface area contributed by atoms with Gasteiger partial charge in [-0.1, -0.05) is 0 Å². The normalized spacial score (nSPS) is 21.3. The number of likely N-dealkylation sites (N-methyl/N-ethyl adjacent to an activating group) is 1. The Morgan fingerprint density at radius 2 is 2.30 bits per heavy atom. The molecule has 0 bridgehead atoms. The Bertz CT molecular complexity index is 494. The lowest BCUT2D eigenvalue weighted by atomic mass is 9.77. The monoisotopic (exact) mass is 279 g/mol. The van der Waals surface area contributed by atoms with E-state index in [0.717, 1.165) is 18.5 Å². The number of primary amides is 1. The largest absolute Gasteiger partial charge is 0.372 e. The van der Waals surface area contributed by atoms with Crippen LogP contribution < -0.4 is 5.73 Å². The van der Waals surface area contributed by atoms with Gasteiger partial charge in [-0.3, -0.25) is 4.79 Å². The van der Waals surface area contributed by atoms with E-state index in [1.807, 2.05) is 6.92 Å². The van der Waals surface area contributed by atoms with Gasteiger partial charge in [-0.15, -0.1) is 0 Å². The molecule has 0 aliphatic heterocycles. The number of carbonyl (C=O) groups is 2. The molecule has 7 heteroatoms. The molecule has 1 aromatic heterocycles. The van der Waals surface area contributed by atoms with E-state index < -0.39 is 6.03 Å². The quantitative estimate of drug-likeness (QED) is 0.842. The van der Waals surface area contributed by atoms with Gasteiger partial charge in [-0.2, -0.15) is 9.78 Å². The lowest BCUT2D eigenvalue weighted by Gasteiger charge is -2.41. The van der Waals surface area contributed by atoms with Crippen molar-refractivity contribution in [2.75, 3.05) is 20.3 Å². The molecular weight excluding hydrogens is 260 g/mol. The fraction of sp³-hybridized carbons (Fsp3) is 0.615. The molecule has 1 fully saturated rings. The van der Waals surface area contributed by atoms with E-state index in [0.29, 0.717) is 6.61 Å². The minimum Gasteiger partial charge on any atom is -0.372 e. The van der Waals surface area contributed by atoms with Crippen molar-refractivity contribution in [1.82, 2.24) is 14.7 Å². The topological polar surface area (TPSA) is 90.4 Å². The third-order valence-corrected chi connectivity index (χ3v) is 3.73. The maximum Gasteiger partial charge on any atom is 0.339 e. The third kappa shape index (κ3) is 2.82. The molecule has 2 N–H and O–H groups in total. The highest BCUT2D eigenvalue weighted by Crippen LogP contribution is 2.39. The summed E-state index contributed by atoms with van der Waals surface area (Å²) >= 11 is 0. The van der Waals surface area contributed by atoms with Crippen molar-refractivity contribution in [2.45, 2.75) is 31.7 Å². The molecule has 2 amide bonds. The first-order valence-corrected chi connectivity index (χ1v) is 6.63. The van der Waals surface area contributed by atoms with Gasteiger partial charge < -0.3 is 15.4 Å². The summed E-state index contributed by atoms with van der Waals surface area (Å²) in [7, 11) is 1.78. The van der Waals surface area contributed by atoms with E-state index in [9.17, 15) is 9.59 Å². The predicted octanol–water partition coefficient (Wildman–Crippen LogP) is 0.351. The third-order valence-electron chi connectivity index (χ3n) is 3.73. The van der Waals surface area contributed by atoms with Crippen LogP contribution in [-0.4, -0.2) is 52.9 Å². The number of hydrogen-bond donors (Lipinski definition) is 1. The van der Waals surface area contributed by atoms with Crippen LogP contribution in [-0.2, 0) is 9.53 Å². The second kappa shape index (κ2) is 6.04. The first-order valence-electron chi connectivity index (χ1n) is 6.63. The van der Waals surface area contributed by atoms with Crippen LogP contribution in [0.4, 0.5) is 4.79 Å². The summed E-state index contributed by atoms with van der Waals surface area (Å²) in [6.45, 7) is 2.50. The number of nitrogens with two attached hydrogens (primary N) is 1. The van der Waals surface area contributed by atoms with Crippen molar-refractivity contribution in [3.63, 3.8) is 0 Å². The zero-order valence-electron chi connectivity index (χ0n) is 11.7. The molecular formula is C13H19N4O3. The minimum atomic E-state index is -0.606. The highest BCUT2D eigenvalue weighted by Gasteiger charge is 2.37. The summed E-state index contributed by atoms with van der Waals surface area (Å²) in [6.07, 6.45) is 4.22. The highest BCUT2D eigenvalue weighted by molar-refractivity contribution is 5.77. The number of aromatic nitrogens is 2. The van der Waals surface area contributed by atoms with Gasteiger partial charge in [0.25, 0.3) is 0 Å². The summed E-state index contributed by atoms with van der Waals surface area (Å²) in [4.78, 5) is 24.7. The van der Waals surface area contributed by atoms with Gasteiger partial charge >= 0.3 is 6.03 Å². The number of amides is 2. The first-order chi connectivity index (χ1) is 9.54. The summed E-state index contributed by atoms with van der Waals surface area (Å²) in [5, 5.41) is 3.78. The van der Waals surface area contributed by atoms with Crippen molar-refractivity contribution in [2.24, 2.45) is 5.73 Å². The molecule has 109 valence electrons. The molecule has 0 atom stereocenters. The number of carbonyl (C=O) groups excluding carboxylic acids is 2. The van der Waals surface area contributed by atoms with Crippen LogP contribution in [0.25, 0.3) is 0 Å². The Morgan fingerprint density at radius 3 is 2.90 bits per heavy atom. The number of ether oxygens (including phenoxy) is 1. The van der Waals surface area contributed by atoms with E-state index in [4.69, 9.17) is 10.5 Å². The molecule has 0 aromatic carbocycles. The van der Waals surface area contributed by atoms with E-state index in [-0.39, 0.29) is 24.5 Å². The standard InChI is InChI=1S/C13H19N4O3/c1-3-20-8-12(18)16(2)10-6-9(7-10)11-4-5-15-17(11)13(14)19/h4,9-10H,3,6-8H2,1-2H3,(H2,14,19)/t9-,10+. The SMILES string of the molecule is CCOCC(=O)N(C)[C@H]1C[C@@H](c2c[c]nn2C(N)=O)C1. The number of rotatable bonds is 5. The van der Waals surface area contributed by atoms with Gasteiger partial charge in [0, 0.05) is 25.6 Å². The molecule has 1 saturated carbocycles. The van der Waals surface area contributed by atoms with E-state index in [2.05, 4.69) is 11.3 Å². The molecule has 2 rings (SSSR count). The van der Waals surface area contributed by atoms with Crippen LogP contribution in [0.2, 0.25) is 0 Å². The van der Waals surface area contributed by atoms with Crippen molar-refractivity contribution >= 4 is 11.9 Å².